The van der Waals surface area contributed by atoms with E-state index in [-0.39, 0.29) is 16.9 Å². The van der Waals surface area contributed by atoms with Crippen LogP contribution in [-0.2, 0) is 10.9 Å². The van der Waals surface area contributed by atoms with E-state index in [9.17, 15) is 22.8 Å². The molecule has 2 aromatic carbocycles. The average molecular weight is 461 g/mol. The van der Waals surface area contributed by atoms with Crippen molar-refractivity contribution in [1.82, 2.24) is 9.78 Å². The third kappa shape index (κ3) is 4.96. The Kier molecular flexibility index (Phi) is 6.40. The van der Waals surface area contributed by atoms with Gasteiger partial charge in [-0.3, -0.25) is 5.01 Å². The zero-order chi connectivity index (χ0) is 24.3. The van der Waals surface area contributed by atoms with Crippen LogP contribution in [0.3, 0.4) is 0 Å². The maximum atomic E-state index is 13.6. The molecule has 9 nitrogen and oxygen atoms in total. The number of hydrogen-bond acceptors (Lipinski definition) is 7. The van der Waals surface area contributed by atoms with Crippen molar-refractivity contribution in [3.63, 3.8) is 0 Å². The van der Waals surface area contributed by atoms with E-state index in [2.05, 4.69) is 9.84 Å². The Bertz CT molecular complexity index is 1220. The van der Waals surface area contributed by atoms with E-state index in [0.717, 1.165) is 18.3 Å². The summed E-state index contributed by atoms with van der Waals surface area (Å²) in [5, 5.41) is 13.9. The summed E-state index contributed by atoms with van der Waals surface area (Å²) in [5.74, 6) is 3.70. The number of esters is 1. The Balaban J connectivity index is 1.90. The number of carboxylic acids is 1. The normalized spacial score (nSPS) is 11.8. The molecular formula is C21H18F3N5O4. The van der Waals surface area contributed by atoms with Crippen LogP contribution < -0.4 is 16.6 Å². The number of carbonyl (C=O) groups is 2. The van der Waals surface area contributed by atoms with Crippen molar-refractivity contribution in [2.45, 2.75) is 6.18 Å². The van der Waals surface area contributed by atoms with Crippen LogP contribution in [0, 0.1) is 0 Å². The second kappa shape index (κ2) is 9.04. The van der Waals surface area contributed by atoms with Gasteiger partial charge in [-0.1, -0.05) is 12.1 Å². The van der Waals surface area contributed by atoms with Crippen LogP contribution >= 0.6 is 0 Å². The van der Waals surface area contributed by atoms with E-state index in [1.165, 1.54) is 48.7 Å². The zero-order valence-corrected chi connectivity index (χ0v) is 17.1. The Morgan fingerprint density at radius 1 is 1.15 bits per heavy atom. The fraction of sp³-hybridized carbons (Fsp3) is 0.0952. The topological polar surface area (TPSA) is 137 Å². The van der Waals surface area contributed by atoms with Crippen LogP contribution in [0.25, 0.3) is 11.4 Å². The highest BCUT2D eigenvalue weighted by Crippen LogP contribution is 2.34. The molecule has 1 heterocycles. The maximum absolute atomic E-state index is 13.6. The van der Waals surface area contributed by atoms with Crippen LogP contribution in [-0.4, -0.2) is 33.9 Å². The van der Waals surface area contributed by atoms with E-state index in [1.807, 2.05) is 0 Å². The Morgan fingerprint density at radius 3 is 2.36 bits per heavy atom. The van der Waals surface area contributed by atoms with Gasteiger partial charge < -0.3 is 15.6 Å². The number of aromatic carboxylic acids is 1. The molecule has 0 aliphatic carbocycles. The zero-order valence-electron chi connectivity index (χ0n) is 17.1. The predicted octanol–water partition coefficient (Wildman–Crippen LogP) is 3.01. The molecule has 0 bridgehead atoms. The molecule has 0 spiro atoms. The van der Waals surface area contributed by atoms with E-state index >= 15 is 0 Å². The molecule has 172 valence electrons. The SMILES string of the molecule is COC(=O)c1cnn(-c2ccc(N(N)/C=C(\N)c3cccc(C(=O)O)c3)cc2)c1C(F)(F)F. The number of benzene rings is 2. The summed E-state index contributed by atoms with van der Waals surface area (Å²) in [6.07, 6.45) is -2.74. The smallest absolute Gasteiger partial charge is 0.434 e. The van der Waals surface area contributed by atoms with Gasteiger partial charge in [0.05, 0.1) is 35.9 Å². The second-order valence-electron chi connectivity index (χ2n) is 6.70. The first-order valence-corrected chi connectivity index (χ1v) is 9.22. The van der Waals surface area contributed by atoms with E-state index in [0.29, 0.717) is 15.9 Å². The van der Waals surface area contributed by atoms with E-state index in [1.54, 1.807) is 6.07 Å². The summed E-state index contributed by atoms with van der Waals surface area (Å²) in [6, 6.07) is 11.4. The standard InChI is InChI=1S/C21H18F3N5O4/c1-33-20(32)16-10-27-29(18(16)21(22,23)24)15-7-5-14(6-8-15)28(26)11-17(25)12-3-2-4-13(9-12)19(30)31/h2-11H,25-26H2,1H3,(H,30,31)/b17-11-. The number of hydrazine groups is 1. The van der Waals surface area contributed by atoms with Crippen LogP contribution in [0.5, 0.6) is 0 Å². The average Bonchev–Trinajstić information content (AvgIpc) is 3.24. The van der Waals surface area contributed by atoms with Gasteiger partial charge in [-0.25, -0.2) is 20.1 Å². The number of nitrogens with two attached hydrogens (primary N) is 2. The number of aromatic nitrogens is 2. The second-order valence-corrected chi connectivity index (χ2v) is 6.70. The number of nitrogens with zero attached hydrogens (tertiary/aromatic N) is 3. The van der Waals surface area contributed by atoms with Crippen molar-refractivity contribution in [3.05, 3.63) is 83.3 Å². The van der Waals surface area contributed by atoms with Gasteiger partial charge in [0.15, 0.2) is 5.69 Å². The van der Waals surface area contributed by atoms with Gasteiger partial charge in [0, 0.05) is 6.20 Å². The lowest BCUT2D eigenvalue weighted by molar-refractivity contribution is -0.143. The van der Waals surface area contributed by atoms with Gasteiger partial charge >= 0.3 is 18.1 Å². The quantitative estimate of drug-likeness (QED) is 0.290. The summed E-state index contributed by atoms with van der Waals surface area (Å²) in [4.78, 5) is 22.8. The first-order chi connectivity index (χ1) is 15.5. The predicted molar refractivity (Wildman–Crippen MR) is 112 cm³/mol. The molecule has 0 saturated heterocycles. The van der Waals surface area contributed by atoms with E-state index < -0.39 is 29.4 Å². The third-order valence-corrected chi connectivity index (χ3v) is 4.56. The summed E-state index contributed by atoms with van der Waals surface area (Å²) in [7, 11) is 0.974. The minimum atomic E-state index is -4.86. The lowest BCUT2D eigenvalue weighted by Gasteiger charge is -2.17. The van der Waals surface area contributed by atoms with Gasteiger partial charge in [-0.2, -0.15) is 18.3 Å². The van der Waals surface area contributed by atoms with E-state index in [4.69, 9.17) is 16.7 Å². The highest BCUT2D eigenvalue weighted by molar-refractivity contribution is 5.91. The lowest BCUT2D eigenvalue weighted by atomic mass is 10.1. The number of ether oxygens (including phenoxy) is 1. The lowest BCUT2D eigenvalue weighted by Crippen LogP contribution is -2.25. The fourth-order valence-corrected chi connectivity index (χ4v) is 2.97. The number of halogens is 3. The molecule has 0 radical (unpaired) electrons. The molecule has 12 heteroatoms. The Hall–Kier alpha value is -4.32. The van der Waals surface area contributed by atoms with Crippen molar-refractivity contribution < 1.29 is 32.6 Å². The molecule has 3 rings (SSSR count). The summed E-state index contributed by atoms with van der Waals surface area (Å²) in [6.45, 7) is 0. The molecule has 3 aromatic rings. The van der Waals surface area contributed by atoms with Gasteiger partial charge in [-0.15, -0.1) is 0 Å². The molecular weight excluding hydrogens is 443 g/mol. The number of methoxy groups -OCH3 is 1. The number of carboxylic acid groups (broad SMARTS) is 1. The van der Waals surface area contributed by atoms with Crippen molar-refractivity contribution in [2.24, 2.45) is 11.6 Å². The van der Waals surface area contributed by atoms with Crippen molar-refractivity contribution >= 4 is 23.3 Å². The number of hydrogen-bond donors (Lipinski definition) is 3. The first-order valence-electron chi connectivity index (χ1n) is 9.22. The highest BCUT2D eigenvalue weighted by Gasteiger charge is 2.41. The molecule has 0 unspecified atom stereocenters. The van der Waals surface area contributed by atoms with Crippen molar-refractivity contribution in [3.8, 4) is 5.69 Å². The van der Waals surface area contributed by atoms with Crippen LogP contribution in [0.2, 0.25) is 0 Å². The summed E-state index contributed by atoms with van der Waals surface area (Å²) in [5.41, 5.74) is 5.04. The molecule has 0 fully saturated rings. The summed E-state index contributed by atoms with van der Waals surface area (Å²) >= 11 is 0. The van der Waals surface area contributed by atoms with Gasteiger partial charge in [-0.05, 0) is 42.0 Å². The largest absolute Gasteiger partial charge is 0.478 e. The molecule has 0 aliphatic heterocycles. The summed E-state index contributed by atoms with van der Waals surface area (Å²) < 4.78 is 45.7. The molecule has 33 heavy (non-hydrogen) atoms. The van der Waals surface area contributed by atoms with Crippen LogP contribution in [0.4, 0.5) is 18.9 Å². The monoisotopic (exact) mass is 461 g/mol. The number of alkyl halides is 3. The van der Waals surface area contributed by atoms with Gasteiger partial charge in [0.2, 0.25) is 0 Å². The van der Waals surface area contributed by atoms with Crippen molar-refractivity contribution in [2.75, 3.05) is 12.1 Å². The minimum absolute atomic E-state index is 0.0285. The molecule has 1 aromatic heterocycles. The highest BCUT2D eigenvalue weighted by atomic mass is 19.4. The molecule has 0 amide bonds. The third-order valence-electron chi connectivity index (χ3n) is 4.56. The Morgan fingerprint density at radius 2 is 1.79 bits per heavy atom. The number of anilines is 1. The minimum Gasteiger partial charge on any atom is -0.478 e. The fourth-order valence-electron chi connectivity index (χ4n) is 2.97. The maximum Gasteiger partial charge on any atom is 0.434 e. The van der Waals surface area contributed by atoms with Crippen LogP contribution in [0.1, 0.15) is 32.0 Å². The molecule has 0 aliphatic rings. The van der Waals surface area contributed by atoms with Crippen LogP contribution in [0.15, 0.2) is 60.9 Å². The van der Waals surface area contributed by atoms with Gasteiger partial charge in [0.25, 0.3) is 0 Å². The number of rotatable bonds is 6. The molecule has 0 atom stereocenters. The van der Waals surface area contributed by atoms with Gasteiger partial charge in [0.1, 0.15) is 5.56 Å². The molecule has 5 N–H and O–H groups in total. The number of carbonyl (C=O) groups excluding carboxylic acids is 1. The molecule has 0 saturated carbocycles. The Labute approximate surface area is 185 Å². The van der Waals surface area contributed by atoms with Crippen molar-refractivity contribution in [1.29, 1.82) is 0 Å². The first kappa shape index (κ1) is 23.3.